The van der Waals surface area contributed by atoms with Gasteiger partial charge in [0.2, 0.25) is 0 Å². The maximum Gasteiger partial charge on any atom is 0.252 e. The summed E-state index contributed by atoms with van der Waals surface area (Å²) in [6.45, 7) is 2.33. The molecule has 1 aromatic carbocycles. The lowest BCUT2D eigenvalue weighted by molar-refractivity contribution is -0.125. The van der Waals surface area contributed by atoms with Crippen molar-refractivity contribution in [1.29, 1.82) is 0 Å². The number of halogens is 2. The first-order valence-electron chi connectivity index (χ1n) is 5.89. The Hall–Kier alpha value is -1.36. The van der Waals surface area contributed by atoms with Crippen LogP contribution >= 0.6 is 0 Å². The van der Waals surface area contributed by atoms with Crippen LogP contribution in [0.5, 0.6) is 11.5 Å². The third kappa shape index (κ3) is 2.14. The van der Waals surface area contributed by atoms with Gasteiger partial charge in [-0.15, -0.1) is 0 Å². The number of nitrogens with two attached hydrogens (primary N) is 1. The molecule has 0 saturated heterocycles. The van der Waals surface area contributed by atoms with Crippen LogP contribution in [-0.2, 0) is 5.54 Å². The minimum atomic E-state index is -2.68. The van der Waals surface area contributed by atoms with Crippen LogP contribution in [-0.4, -0.2) is 19.6 Å². The predicted octanol–water partition coefficient (Wildman–Crippen LogP) is 2.68. The predicted molar refractivity (Wildman–Crippen MR) is 64.2 cm³/mol. The summed E-state index contributed by atoms with van der Waals surface area (Å²) in [5.41, 5.74) is 5.58. The zero-order chi connectivity index (χ0) is 13.4. The Kier molecular flexibility index (Phi) is 3.19. The van der Waals surface area contributed by atoms with E-state index in [1.54, 1.807) is 18.2 Å². The van der Waals surface area contributed by atoms with Gasteiger partial charge in [0.15, 0.2) is 11.5 Å². The van der Waals surface area contributed by atoms with E-state index in [4.69, 9.17) is 15.2 Å². The van der Waals surface area contributed by atoms with Crippen LogP contribution in [0, 0.1) is 0 Å². The van der Waals surface area contributed by atoms with Gasteiger partial charge in [0.05, 0.1) is 19.3 Å². The van der Waals surface area contributed by atoms with Gasteiger partial charge in [0.1, 0.15) is 0 Å². The molecule has 1 aliphatic carbocycles. The third-order valence-corrected chi connectivity index (χ3v) is 3.17. The summed E-state index contributed by atoms with van der Waals surface area (Å²) in [5, 5.41) is 0. The number of ether oxygens (including phenoxy) is 2. The molecule has 1 saturated carbocycles. The van der Waals surface area contributed by atoms with E-state index >= 15 is 0 Å². The molecule has 0 heterocycles. The molecule has 0 aliphatic heterocycles. The summed E-state index contributed by atoms with van der Waals surface area (Å²) in [6, 6.07) is 5.20. The molecule has 2 rings (SSSR count). The monoisotopic (exact) mass is 257 g/mol. The number of para-hydroxylation sites is 1. The Morgan fingerprint density at radius 2 is 2.00 bits per heavy atom. The van der Waals surface area contributed by atoms with Gasteiger partial charge in [-0.25, -0.2) is 8.78 Å². The highest BCUT2D eigenvalue weighted by molar-refractivity contribution is 5.51. The lowest BCUT2D eigenvalue weighted by Crippen LogP contribution is -2.55. The molecule has 0 bridgehead atoms. The maximum atomic E-state index is 13.1. The van der Waals surface area contributed by atoms with E-state index in [1.165, 1.54) is 7.11 Å². The third-order valence-electron chi connectivity index (χ3n) is 3.17. The molecular weight excluding hydrogens is 240 g/mol. The largest absolute Gasteiger partial charge is 0.493 e. The lowest BCUT2D eigenvalue weighted by Gasteiger charge is -2.45. The van der Waals surface area contributed by atoms with E-state index in [-0.39, 0.29) is 12.8 Å². The number of hydrogen-bond donors (Lipinski definition) is 1. The van der Waals surface area contributed by atoms with Crippen LogP contribution < -0.4 is 15.2 Å². The van der Waals surface area contributed by atoms with Crippen molar-refractivity contribution in [3.05, 3.63) is 23.8 Å². The van der Waals surface area contributed by atoms with Crippen molar-refractivity contribution in [2.24, 2.45) is 5.73 Å². The second-order valence-corrected chi connectivity index (χ2v) is 4.64. The number of rotatable bonds is 4. The topological polar surface area (TPSA) is 44.5 Å². The first-order valence-corrected chi connectivity index (χ1v) is 5.89. The number of hydrogen-bond acceptors (Lipinski definition) is 3. The van der Waals surface area contributed by atoms with Gasteiger partial charge in [-0.1, -0.05) is 12.1 Å². The number of alkyl halides is 2. The van der Waals surface area contributed by atoms with E-state index in [0.29, 0.717) is 23.7 Å². The molecule has 2 N–H and O–H groups in total. The zero-order valence-electron chi connectivity index (χ0n) is 10.5. The molecule has 3 nitrogen and oxygen atoms in total. The highest BCUT2D eigenvalue weighted by Crippen LogP contribution is 2.53. The Morgan fingerprint density at radius 3 is 2.50 bits per heavy atom. The van der Waals surface area contributed by atoms with Crippen LogP contribution in [0.4, 0.5) is 8.78 Å². The summed E-state index contributed by atoms with van der Waals surface area (Å²) in [4.78, 5) is 0. The number of methoxy groups -OCH3 is 1. The van der Waals surface area contributed by atoms with Gasteiger partial charge in [-0.05, 0) is 13.0 Å². The van der Waals surface area contributed by atoms with Gasteiger partial charge in [0.25, 0.3) is 5.92 Å². The van der Waals surface area contributed by atoms with Gasteiger partial charge >= 0.3 is 0 Å². The first-order chi connectivity index (χ1) is 8.42. The molecule has 0 atom stereocenters. The lowest BCUT2D eigenvalue weighted by atomic mass is 9.69. The van der Waals surface area contributed by atoms with Crippen molar-refractivity contribution in [3.63, 3.8) is 0 Å². The summed E-state index contributed by atoms with van der Waals surface area (Å²) >= 11 is 0. The molecule has 1 aromatic rings. The van der Waals surface area contributed by atoms with E-state index in [0.717, 1.165) is 0 Å². The van der Waals surface area contributed by atoms with E-state index in [2.05, 4.69) is 0 Å². The van der Waals surface area contributed by atoms with Crippen molar-refractivity contribution in [2.75, 3.05) is 13.7 Å². The summed E-state index contributed by atoms with van der Waals surface area (Å²) in [7, 11) is 1.49. The Morgan fingerprint density at radius 1 is 1.33 bits per heavy atom. The van der Waals surface area contributed by atoms with Crippen molar-refractivity contribution in [2.45, 2.75) is 31.2 Å². The van der Waals surface area contributed by atoms with Crippen molar-refractivity contribution in [3.8, 4) is 11.5 Å². The molecule has 100 valence electrons. The fraction of sp³-hybridized carbons (Fsp3) is 0.538. The van der Waals surface area contributed by atoms with Crippen LogP contribution in [0.15, 0.2) is 18.2 Å². The van der Waals surface area contributed by atoms with Crippen LogP contribution in [0.3, 0.4) is 0 Å². The molecule has 18 heavy (non-hydrogen) atoms. The Bertz CT molecular complexity index is 441. The smallest absolute Gasteiger partial charge is 0.252 e. The van der Waals surface area contributed by atoms with Crippen LogP contribution in [0.1, 0.15) is 25.3 Å². The first kappa shape index (κ1) is 13.1. The van der Waals surface area contributed by atoms with Gasteiger partial charge in [-0.2, -0.15) is 0 Å². The standard InChI is InChI=1S/C13H17F2NO2/c1-3-18-10-6-4-5-9(11(10)17-2)12(16)7-13(14,15)8-12/h4-6H,3,7-8,16H2,1-2H3. The molecule has 1 fully saturated rings. The van der Waals surface area contributed by atoms with E-state index < -0.39 is 11.5 Å². The van der Waals surface area contributed by atoms with Crippen molar-refractivity contribution >= 4 is 0 Å². The van der Waals surface area contributed by atoms with Gasteiger partial charge in [-0.3, -0.25) is 0 Å². The quantitative estimate of drug-likeness (QED) is 0.902. The normalized spacial score (nSPS) is 20.1. The van der Waals surface area contributed by atoms with Gasteiger partial charge < -0.3 is 15.2 Å². The average molecular weight is 257 g/mol. The SMILES string of the molecule is CCOc1cccc(C2(N)CC(F)(F)C2)c1OC. The molecular formula is C13H17F2NO2. The van der Waals surface area contributed by atoms with Gasteiger partial charge in [0, 0.05) is 18.4 Å². The molecule has 0 radical (unpaired) electrons. The fourth-order valence-corrected chi connectivity index (χ4v) is 2.45. The highest BCUT2D eigenvalue weighted by Gasteiger charge is 2.56. The maximum absolute atomic E-state index is 13.1. The van der Waals surface area contributed by atoms with E-state index in [1.807, 2.05) is 6.92 Å². The molecule has 5 heteroatoms. The molecule has 0 amide bonds. The van der Waals surface area contributed by atoms with E-state index in [9.17, 15) is 8.78 Å². The minimum Gasteiger partial charge on any atom is -0.493 e. The summed E-state index contributed by atoms with van der Waals surface area (Å²) in [6.07, 6.45) is -0.710. The molecule has 0 spiro atoms. The second kappa shape index (κ2) is 4.39. The van der Waals surface area contributed by atoms with Crippen molar-refractivity contribution < 1.29 is 18.3 Å². The highest BCUT2D eigenvalue weighted by atomic mass is 19.3. The molecule has 0 unspecified atom stereocenters. The van der Waals surface area contributed by atoms with Crippen LogP contribution in [0.25, 0.3) is 0 Å². The second-order valence-electron chi connectivity index (χ2n) is 4.64. The molecule has 1 aliphatic rings. The summed E-state index contributed by atoms with van der Waals surface area (Å²) < 4.78 is 36.8. The Balaban J connectivity index is 2.36. The van der Waals surface area contributed by atoms with Crippen molar-refractivity contribution in [1.82, 2.24) is 0 Å². The minimum absolute atomic E-state index is 0.355. The molecule has 0 aromatic heterocycles. The Labute approximate surface area is 105 Å². The summed E-state index contributed by atoms with van der Waals surface area (Å²) in [5.74, 6) is -1.68. The van der Waals surface area contributed by atoms with Crippen LogP contribution in [0.2, 0.25) is 0 Å². The number of benzene rings is 1. The average Bonchev–Trinajstić information content (AvgIpc) is 2.26. The fourth-order valence-electron chi connectivity index (χ4n) is 2.45. The zero-order valence-corrected chi connectivity index (χ0v) is 10.5.